The predicted octanol–water partition coefficient (Wildman–Crippen LogP) is 1.96. The summed E-state index contributed by atoms with van der Waals surface area (Å²) in [4.78, 5) is 23.2. The highest BCUT2D eigenvalue weighted by Crippen LogP contribution is 2.28. The van der Waals surface area contributed by atoms with E-state index in [-0.39, 0.29) is 12.6 Å². The molecule has 124 valence electrons. The van der Waals surface area contributed by atoms with Crippen molar-refractivity contribution in [1.82, 2.24) is 10.6 Å². The molecular weight excluding hydrogens is 298 g/mol. The Hall–Kier alpha value is -2.75. The van der Waals surface area contributed by atoms with Crippen LogP contribution in [0.5, 0.6) is 11.5 Å². The van der Waals surface area contributed by atoms with Crippen LogP contribution in [-0.2, 0) is 4.79 Å². The predicted molar refractivity (Wildman–Crippen MR) is 84.2 cm³/mol. The number of rotatable bonds is 7. The third-order valence-electron chi connectivity index (χ3n) is 2.97. The summed E-state index contributed by atoms with van der Waals surface area (Å²) in [5, 5.41) is 13.7. The zero-order valence-corrected chi connectivity index (χ0v) is 13.5. The molecule has 0 aliphatic heterocycles. The number of hydrogen-bond acceptors (Lipinski definition) is 5. The van der Waals surface area contributed by atoms with Crippen molar-refractivity contribution in [3.8, 4) is 17.6 Å². The van der Waals surface area contributed by atoms with Crippen LogP contribution in [0.1, 0.15) is 32.8 Å². The van der Waals surface area contributed by atoms with E-state index in [0.717, 1.165) is 6.42 Å². The fourth-order valence-corrected chi connectivity index (χ4v) is 1.63. The van der Waals surface area contributed by atoms with Gasteiger partial charge in [0.25, 0.3) is 5.91 Å². The standard InChI is InChI=1S/C16H21N3O4/c1-4-11(3)18-16(21)19-15(20)10-23-13-7-6-12(9-17)8-14(13)22-5-2/h6-8,11H,4-5,10H2,1-3H3,(H2,18,19,20,21)/t11-/m0/s1. The Labute approximate surface area is 135 Å². The van der Waals surface area contributed by atoms with Crippen LogP contribution in [0.3, 0.4) is 0 Å². The number of carbonyl (C=O) groups excluding carboxylic acids is 2. The van der Waals surface area contributed by atoms with Gasteiger partial charge in [-0.1, -0.05) is 6.92 Å². The fourth-order valence-electron chi connectivity index (χ4n) is 1.63. The molecule has 0 aliphatic carbocycles. The van der Waals surface area contributed by atoms with Gasteiger partial charge >= 0.3 is 6.03 Å². The highest BCUT2D eigenvalue weighted by molar-refractivity contribution is 5.95. The number of benzene rings is 1. The van der Waals surface area contributed by atoms with Gasteiger partial charge in [0, 0.05) is 12.1 Å². The molecule has 1 rings (SSSR count). The first-order chi connectivity index (χ1) is 11.0. The van der Waals surface area contributed by atoms with Crippen LogP contribution >= 0.6 is 0 Å². The Morgan fingerprint density at radius 3 is 2.61 bits per heavy atom. The summed E-state index contributed by atoms with van der Waals surface area (Å²) in [5.74, 6) is 0.143. The van der Waals surface area contributed by atoms with E-state index in [2.05, 4.69) is 10.6 Å². The van der Waals surface area contributed by atoms with E-state index in [1.54, 1.807) is 19.1 Å². The minimum Gasteiger partial charge on any atom is -0.490 e. The number of imide groups is 1. The maximum atomic E-state index is 11.7. The van der Waals surface area contributed by atoms with E-state index >= 15 is 0 Å². The van der Waals surface area contributed by atoms with Gasteiger partial charge in [-0.2, -0.15) is 5.26 Å². The van der Waals surface area contributed by atoms with Crippen LogP contribution < -0.4 is 20.1 Å². The van der Waals surface area contributed by atoms with E-state index in [1.807, 2.05) is 19.9 Å². The summed E-state index contributed by atoms with van der Waals surface area (Å²) in [6.45, 7) is 5.63. The number of urea groups is 1. The average molecular weight is 319 g/mol. The van der Waals surface area contributed by atoms with Gasteiger partial charge in [-0.05, 0) is 32.4 Å². The summed E-state index contributed by atoms with van der Waals surface area (Å²) in [7, 11) is 0. The van der Waals surface area contributed by atoms with Crippen LogP contribution in [0.25, 0.3) is 0 Å². The molecule has 0 saturated carbocycles. The SMILES string of the molecule is CCOc1cc(C#N)ccc1OCC(=O)NC(=O)N[C@@H](C)CC. The smallest absolute Gasteiger partial charge is 0.321 e. The molecule has 0 aliphatic rings. The van der Waals surface area contributed by atoms with E-state index in [4.69, 9.17) is 14.7 Å². The van der Waals surface area contributed by atoms with E-state index < -0.39 is 11.9 Å². The first-order valence-corrected chi connectivity index (χ1v) is 7.40. The van der Waals surface area contributed by atoms with Crippen molar-refractivity contribution in [2.45, 2.75) is 33.2 Å². The Bertz CT molecular complexity index is 595. The molecule has 23 heavy (non-hydrogen) atoms. The number of carbonyl (C=O) groups is 2. The van der Waals surface area contributed by atoms with Crippen molar-refractivity contribution < 1.29 is 19.1 Å². The third-order valence-corrected chi connectivity index (χ3v) is 2.97. The van der Waals surface area contributed by atoms with Crippen LogP contribution in [0, 0.1) is 11.3 Å². The Kier molecular flexibility index (Phi) is 7.40. The van der Waals surface area contributed by atoms with E-state index in [9.17, 15) is 9.59 Å². The first-order valence-electron chi connectivity index (χ1n) is 7.40. The second kappa shape index (κ2) is 9.30. The van der Waals surface area contributed by atoms with E-state index in [0.29, 0.717) is 23.7 Å². The molecule has 0 saturated heterocycles. The second-order valence-electron chi connectivity index (χ2n) is 4.83. The summed E-state index contributed by atoms with van der Waals surface area (Å²) in [5.41, 5.74) is 0.429. The van der Waals surface area contributed by atoms with Crippen molar-refractivity contribution in [3.05, 3.63) is 23.8 Å². The van der Waals surface area contributed by atoms with Crippen LogP contribution in [0.2, 0.25) is 0 Å². The molecule has 0 radical (unpaired) electrons. The minimum absolute atomic E-state index is 0.0215. The number of nitrogens with zero attached hydrogens (tertiary/aromatic N) is 1. The molecule has 0 fully saturated rings. The van der Waals surface area contributed by atoms with Crippen molar-refractivity contribution in [2.24, 2.45) is 0 Å². The number of nitriles is 1. The Morgan fingerprint density at radius 2 is 2.00 bits per heavy atom. The van der Waals surface area contributed by atoms with E-state index in [1.165, 1.54) is 6.07 Å². The molecule has 7 nitrogen and oxygen atoms in total. The lowest BCUT2D eigenvalue weighted by Gasteiger charge is -2.13. The topological polar surface area (TPSA) is 100 Å². The molecule has 1 atom stereocenters. The molecule has 0 aromatic heterocycles. The summed E-state index contributed by atoms with van der Waals surface area (Å²) in [6.07, 6.45) is 0.765. The molecule has 0 unspecified atom stereocenters. The maximum absolute atomic E-state index is 11.7. The molecule has 3 amide bonds. The molecule has 0 heterocycles. The monoisotopic (exact) mass is 319 g/mol. The normalized spacial score (nSPS) is 11.0. The van der Waals surface area contributed by atoms with Crippen molar-refractivity contribution >= 4 is 11.9 Å². The van der Waals surface area contributed by atoms with Crippen molar-refractivity contribution in [1.29, 1.82) is 5.26 Å². The average Bonchev–Trinajstić information content (AvgIpc) is 2.53. The zero-order chi connectivity index (χ0) is 17.2. The lowest BCUT2D eigenvalue weighted by Crippen LogP contribution is -2.44. The molecule has 0 bridgehead atoms. The third kappa shape index (κ3) is 6.26. The highest BCUT2D eigenvalue weighted by Gasteiger charge is 2.12. The van der Waals surface area contributed by atoms with Crippen LogP contribution in [-0.4, -0.2) is 31.2 Å². The van der Waals surface area contributed by atoms with Gasteiger partial charge in [0.1, 0.15) is 0 Å². The van der Waals surface area contributed by atoms with Gasteiger partial charge in [-0.25, -0.2) is 4.79 Å². The van der Waals surface area contributed by atoms with Gasteiger partial charge < -0.3 is 14.8 Å². The molecule has 0 spiro atoms. The molecule has 7 heteroatoms. The minimum atomic E-state index is -0.572. The Morgan fingerprint density at radius 1 is 1.26 bits per heavy atom. The summed E-state index contributed by atoms with van der Waals surface area (Å²) < 4.78 is 10.7. The number of hydrogen-bond donors (Lipinski definition) is 2. The van der Waals surface area contributed by atoms with Crippen molar-refractivity contribution in [3.63, 3.8) is 0 Å². The lowest BCUT2D eigenvalue weighted by atomic mass is 10.2. The largest absolute Gasteiger partial charge is 0.490 e. The summed E-state index contributed by atoms with van der Waals surface area (Å²) in [6, 6.07) is 6.07. The number of amides is 3. The molecule has 2 N–H and O–H groups in total. The van der Waals surface area contributed by atoms with Gasteiger partial charge in [0.05, 0.1) is 18.2 Å². The van der Waals surface area contributed by atoms with Crippen LogP contribution in [0.4, 0.5) is 4.79 Å². The van der Waals surface area contributed by atoms with Crippen LogP contribution in [0.15, 0.2) is 18.2 Å². The lowest BCUT2D eigenvalue weighted by molar-refractivity contribution is -0.122. The molecular formula is C16H21N3O4. The fraction of sp³-hybridized carbons (Fsp3) is 0.438. The quantitative estimate of drug-likeness (QED) is 0.800. The molecule has 1 aromatic carbocycles. The zero-order valence-electron chi connectivity index (χ0n) is 13.5. The van der Waals surface area contributed by atoms with Gasteiger partial charge in [0.2, 0.25) is 0 Å². The second-order valence-corrected chi connectivity index (χ2v) is 4.83. The van der Waals surface area contributed by atoms with Gasteiger partial charge in [-0.3, -0.25) is 10.1 Å². The summed E-state index contributed by atoms with van der Waals surface area (Å²) >= 11 is 0. The number of ether oxygens (including phenoxy) is 2. The first kappa shape index (κ1) is 18.3. The molecule has 1 aromatic rings. The van der Waals surface area contributed by atoms with Gasteiger partial charge in [0.15, 0.2) is 18.1 Å². The highest BCUT2D eigenvalue weighted by atomic mass is 16.5. The Balaban J connectivity index is 2.59. The number of nitrogens with one attached hydrogen (secondary N) is 2. The van der Waals surface area contributed by atoms with Gasteiger partial charge in [-0.15, -0.1) is 0 Å². The van der Waals surface area contributed by atoms with Crippen molar-refractivity contribution in [2.75, 3.05) is 13.2 Å². The maximum Gasteiger partial charge on any atom is 0.321 e.